The van der Waals surface area contributed by atoms with Gasteiger partial charge in [-0.3, -0.25) is 28.9 Å². The van der Waals surface area contributed by atoms with E-state index in [2.05, 4.69) is 10.6 Å². The maximum Gasteiger partial charge on any atom is 0.415 e. The summed E-state index contributed by atoms with van der Waals surface area (Å²) in [6, 6.07) is 5.86. The zero-order chi connectivity index (χ0) is 34.8. The van der Waals surface area contributed by atoms with Gasteiger partial charge in [-0.15, -0.1) is 0 Å². The first kappa shape index (κ1) is 35.3. The van der Waals surface area contributed by atoms with Crippen LogP contribution in [0.1, 0.15) is 98.8 Å². The third-order valence-corrected chi connectivity index (χ3v) is 10.0. The van der Waals surface area contributed by atoms with Gasteiger partial charge in [-0.25, -0.2) is 4.79 Å². The number of para-hydroxylation sites is 1. The normalized spacial score (nSPS) is 24.2. The molecular formula is C36H51N5O7. The van der Waals surface area contributed by atoms with Gasteiger partial charge in [0.05, 0.1) is 19.1 Å². The average molecular weight is 666 g/mol. The van der Waals surface area contributed by atoms with Crippen LogP contribution in [0.2, 0.25) is 0 Å². The molecule has 1 aromatic rings. The highest BCUT2D eigenvalue weighted by molar-refractivity contribution is 6.38. The minimum absolute atomic E-state index is 0.00131. The Kier molecular flexibility index (Phi) is 10.5. The molecule has 5 amide bonds. The number of Topliss-reactive ketones (excluding diaryl/α,β-unsaturated/α-hetero) is 1. The van der Waals surface area contributed by atoms with E-state index >= 15 is 0 Å². The number of anilines is 1. The molecule has 2 saturated heterocycles. The van der Waals surface area contributed by atoms with Crippen molar-refractivity contribution < 1.29 is 33.5 Å². The van der Waals surface area contributed by atoms with Gasteiger partial charge in [0.15, 0.2) is 5.60 Å². The predicted molar refractivity (Wildman–Crippen MR) is 179 cm³/mol. The standard InChI is InChI=1S/C36H51N5O7/c1-6-13-27(29(43)32(45)37-24-18-19-24)38-31(44)28-20-36(21-39(34(47)48-36)25-14-9-7-10-15-25)22-40(28)33(46)30(35(3,4)5)41(23(2)42)26-16-11-8-12-17-26/h7,9-10,14-15,24,26-28,30H,6,8,11-13,16-22H2,1-5H3,(H,37,45)(H,38,44)/t27-,28-,30+,36-/m0/s1. The molecule has 2 aliphatic carbocycles. The summed E-state index contributed by atoms with van der Waals surface area (Å²) in [6.07, 6.45) is 6.42. The lowest BCUT2D eigenvalue weighted by atomic mass is 9.82. The fourth-order valence-corrected chi connectivity index (χ4v) is 7.57. The molecule has 4 fully saturated rings. The number of carbonyl (C=O) groups excluding carboxylic acids is 6. The van der Waals surface area contributed by atoms with E-state index in [1.807, 2.05) is 45.9 Å². The van der Waals surface area contributed by atoms with Crippen LogP contribution in [-0.2, 0) is 28.7 Å². The molecule has 0 bridgehead atoms. The maximum atomic E-state index is 14.9. The first-order valence-corrected chi connectivity index (χ1v) is 17.5. The van der Waals surface area contributed by atoms with Gasteiger partial charge in [0.1, 0.15) is 12.1 Å². The number of hydrogen-bond acceptors (Lipinski definition) is 7. The van der Waals surface area contributed by atoms with Crippen molar-refractivity contribution in [2.45, 2.75) is 135 Å². The lowest BCUT2D eigenvalue weighted by molar-refractivity contribution is -0.155. The second-order valence-electron chi connectivity index (χ2n) is 15.1. The number of nitrogens with one attached hydrogen (secondary N) is 2. The van der Waals surface area contributed by atoms with Gasteiger partial charge in [0, 0.05) is 31.1 Å². The number of carbonyl (C=O) groups is 6. The molecule has 12 heteroatoms. The van der Waals surface area contributed by atoms with Gasteiger partial charge in [-0.1, -0.05) is 71.6 Å². The summed E-state index contributed by atoms with van der Waals surface area (Å²) in [6.45, 7) is 9.14. The third kappa shape index (κ3) is 7.68. The van der Waals surface area contributed by atoms with Gasteiger partial charge in [-0.05, 0) is 49.7 Å². The van der Waals surface area contributed by atoms with Gasteiger partial charge in [0.25, 0.3) is 5.91 Å². The molecular weight excluding hydrogens is 614 g/mol. The smallest absolute Gasteiger partial charge is 0.415 e. The highest BCUT2D eigenvalue weighted by Crippen LogP contribution is 2.41. The summed E-state index contributed by atoms with van der Waals surface area (Å²) in [5, 5.41) is 5.50. The summed E-state index contributed by atoms with van der Waals surface area (Å²) in [5.74, 6) is -2.66. The third-order valence-electron chi connectivity index (χ3n) is 10.0. The molecule has 1 spiro atoms. The fourth-order valence-electron chi connectivity index (χ4n) is 7.57. The van der Waals surface area contributed by atoms with Crippen molar-refractivity contribution in [3.05, 3.63) is 30.3 Å². The monoisotopic (exact) mass is 665 g/mol. The first-order valence-electron chi connectivity index (χ1n) is 17.5. The number of hydrogen-bond donors (Lipinski definition) is 2. The van der Waals surface area contributed by atoms with Crippen LogP contribution >= 0.6 is 0 Å². The van der Waals surface area contributed by atoms with Crippen molar-refractivity contribution in [2.24, 2.45) is 5.41 Å². The Balaban J connectivity index is 1.47. The number of likely N-dealkylation sites (tertiary alicyclic amines) is 1. The molecule has 2 saturated carbocycles. The zero-order valence-corrected chi connectivity index (χ0v) is 29.0. The van der Waals surface area contributed by atoms with Crippen molar-refractivity contribution in [1.82, 2.24) is 20.4 Å². The highest BCUT2D eigenvalue weighted by atomic mass is 16.6. The summed E-state index contributed by atoms with van der Waals surface area (Å²) >= 11 is 0. The Bertz CT molecular complexity index is 1400. The molecule has 2 aliphatic heterocycles. The molecule has 0 unspecified atom stereocenters. The van der Waals surface area contributed by atoms with Gasteiger partial charge in [-0.2, -0.15) is 0 Å². The Morgan fingerprint density at radius 1 is 1.00 bits per heavy atom. The fraction of sp³-hybridized carbons (Fsp3) is 0.667. The maximum absolute atomic E-state index is 14.9. The van der Waals surface area contributed by atoms with E-state index in [-0.39, 0.29) is 43.9 Å². The van der Waals surface area contributed by atoms with Gasteiger partial charge < -0.3 is 25.2 Å². The Morgan fingerprint density at radius 2 is 1.67 bits per heavy atom. The van der Waals surface area contributed by atoms with Crippen molar-refractivity contribution in [3.8, 4) is 0 Å². The van der Waals surface area contributed by atoms with Crippen LogP contribution in [0.4, 0.5) is 10.5 Å². The largest absolute Gasteiger partial charge is 0.439 e. The van der Waals surface area contributed by atoms with E-state index in [0.717, 1.165) is 44.9 Å². The second kappa shape index (κ2) is 14.3. The summed E-state index contributed by atoms with van der Waals surface area (Å²) in [5.41, 5.74) is -1.26. The second-order valence-corrected chi connectivity index (χ2v) is 15.1. The van der Waals surface area contributed by atoms with E-state index in [0.29, 0.717) is 12.1 Å². The molecule has 1 aromatic carbocycles. The van der Waals surface area contributed by atoms with Crippen LogP contribution in [0, 0.1) is 5.41 Å². The molecule has 0 aromatic heterocycles. The Hall–Kier alpha value is -3.96. The number of benzene rings is 1. The molecule has 4 aliphatic rings. The quantitative estimate of drug-likeness (QED) is 0.343. The minimum atomic E-state index is -1.20. The SMILES string of the molecule is CCC[C@H](NC(=O)[C@@H]1C[C@]2(CN(c3ccccc3)C(=O)O2)CN1C(=O)[C@@H](N(C(C)=O)C1CCCCC1)C(C)(C)C)C(=O)C(=O)NC1CC1. The molecule has 4 atom stereocenters. The lowest BCUT2D eigenvalue weighted by Gasteiger charge is -2.46. The van der Waals surface area contributed by atoms with Crippen LogP contribution in [0.15, 0.2) is 30.3 Å². The summed E-state index contributed by atoms with van der Waals surface area (Å²) in [4.78, 5) is 86.3. The molecule has 2 N–H and O–H groups in total. The van der Waals surface area contributed by atoms with Crippen LogP contribution in [0.5, 0.6) is 0 Å². The Morgan fingerprint density at radius 3 is 2.25 bits per heavy atom. The molecule has 5 rings (SSSR count). The predicted octanol–water partition coefficient (Wildman–Crippen LogP) is 3.71. The Labute approximate surface area is 283 Å². The first-order chi connectivity index (χ1) is 22.7. The summed E-state index contributed by atoms with van der Waals surface area (Å²) in [7, 11) is 0. The van der Waals surface area contributed by atoms with Crippen molar-refractivity contribution in [1.29, 1.82) is 0 Å². The van der Waals surface area contributed by atoms with Crippen LogP contribution in [0.3, 0.4) is 0 Å². The number of amides is 5. The average Bonchev–Trinajstić information content (AvgIpc) is 3.70. The minimum Gasteiger partial charge on any atom is -0.439 e. The van der Waals surface area contributed by atoms with E-state index < -0.39 is 58.7 Å². The molecule has 262 valence electrons. The number of ether oxygens (including phenoxy) is 1. The van der Waals surface area contributed by atoms with E-state index in [1.165, 1.54) is 16.7 Å². The number of ketones is 1. The van der Waals surface area contributed by atoms with Crippen molar-refractivity contribution >= 4 is 41.2 Å². The topological polar surface area (TPSA) is 145 Å². The molecule has 48 heavy (non-hydrogen) atoms. The van der Waals surface area contributed by atoms with Crippen molar-refractivity contribution in [3.63, 3.8) is 0 Å². The van der Waals surface area contributed by atoms with Crippen molar-refractivity contribution in [2.75, 3.05) is 18.0 Å². The highest BCUT2D eigenvalue weighted by Gasteiger charge is 2.58. The molecule has 2 heterocycles. The van der Waals surface area contributed by atoms with E-state index in [4.69, 9.17) is 4.74 Å². The lowest BCUT2D eigenvalue weighted by Crippen LogP contribution is -2.62. The number of nitrogens with zero attached hydrogens (tertiary/aromatic N) is 3. The summed E-state index contributed by atoms with van der Waals surface area (Å²) < 4.78 is 6.02. The van der Waals surface area contributed by atoms with Gasteiger partial charge >= 0.3 is 6.09 Å². The molecule has 0 radical (unpaired) electrons. The number of rotatable bonds is 11. The van der Waals surface area contributed by atoms with Crippen LogP contribution in [0.25, 0.3) is 0 Å². The van der Waals surface area contributed by atoms with Crippen LogP contribution in [-0.4, -0.2) is 94.2 Å². The van der Waals surface area contributed by atoms with E-state index in [1.54, 1.807) is 17.0 Å². The van der Waals surface area contributed by atoms with Gasteiger partial charge in [0.2, 0.25) is 23.5 Å². The zero-order valence-electron chi connectivity index (χ0n) is 29.0. The van der Waals surface area contributed by atoms with Crippen LogP contribution < -0.4 is 15.5 Å². The van der Waals surface area contributed by atoms with E-state index in [9.17, 15) is 28.8 Å². The molecule has 12 nitrogen and oxygen atoms in total.